The first-order chi connectivity index (χ1) is 11.2. The summed E-state index contributed by atoms with van der Waals surface area (Å²) in [7, 11) is 0. The van der Waals surface area contributed by atoms with Crippen LogP contribution in [0.5, 0.6) is 0 Å². The van der Waals surface area contributed by atoms with Crippen LogP contribution >= 0.6 is 15.9 Å². The molecule has 24 heavy (non-hydrogen) atoms. The number of benzene rings is 1. The van der Waals surface area contributed by atoms with E-state index >= 15 is 0 Å². The predicted octanol–water partition coefficient (Wildman–Crippen LogP) is 4.23. The van der Waals surface area contributed by atoms with Gasteiger partial charge in [0.05, 0.1) is 16.9 Å². The Hall–Kier alpha value is -1.43. The SMILES string of the molecule is CC(C)(C)OC(=O)N1CC2CCC1(CNc1ccc(Br)cc1N)C2. The van der Waals surface area contributed by atoms with Crippen LogP contribution in [0.1, 0.15) is 40.0 Å². The van der Waals surface area contributed by atoms with E-state index in [1.165, 1.54) is 6.42 Å². The van der Waals surface area contributed by atoms with Crippen molar-refractivity contribution in [3.8, 4) is 0 Å². The average Bonchev–Trinajstić information content (AvgIpc) is 3.02. The number of nitrogens with two attached hydrogens (primary N) is 1. The molecular formula is C18H26BrN3O2. The first-order valence-electron chi connectivity index (χ1n) is 8.48. The summed E-state index contributed by atoms with van der Waals surface area (Å²) < 4.78 is 6.58. The van der Waals surface area contributed by atoms with Crippen molar-refractivity contribution >= 4 is 33.4 Å². The Morgan fingerprint density at radius 2 is 2.25 bits per heavy atom. The number of likely N-dealkylation sites (tertiary alicyclic amines) is 1. The highest BCUT2D eigenvalue weighted by molar-refractivity contribution is 9.10. The number of fused-ring (bicyclic) bond motifs is 2. The third-order valence-corrected chi connectivity index (χ3v) is 5.43. The van der Waals surface area contributed by atoms with E-state index < -0.39 is 5.60 Å². The largest absolute Gasteiger partial charge is 0.444 e. The minimum atomic E-state index is -0.469. The quantitative estimate of drug-likeness (QED) is 0.751. The van der Waals surface area contributed by atoms with Crippen molar-refractivity contribution in [1.29, 1.82) is 0 Å². The molecule has 3 rings (SSSR count). The molecule has 2 bridgehead atoms. The molecule has 1 aromatic carbocycles. The van der Waals surface area contributed by atoms with Gasteiger partial charge in [0.15, 0.2) is 0 Å². The molecule has 3 N–H and O–H groups in total. The van der Waals surface area contributed by atoms with E-state index in [2.05, 4.69) is 21.2 Å². The third kappa shape index (κ3) is 3.48. The number of anilines is 2. The van der Waals surface area contributed by atoms with Crippen molar-refractivity contribution in [2.24, 2.45) is 5.92 Å². The average molecular weight is 396 g/mol. The van der Waals surface area contributed by atoms with Crippen LogP contribution in [0.4, 0.5) is 16.2 Å². The number of nitrogen functional groups attached to an aromatic ring is 1. The minimum Gasteiger partial charge on any atom is -0.444 e. The molecule has 5 nitrogen and oxygen atoms in total. The lowest BCUT2D eigenvalue weighted by Gasteiger charge is -2.39. The fourth-order valence-corrected chi connectivity index (χ4v) is 4.24. The number of piperidine rings is 1. The molecule has 1 aromatic rings. The normalized spacial score (nSPS) is 25.8. The zero-order chi connectivity index (χ0) is 17.5. The minimum absolute atomic E-state index is 0.160. The Labute approximate surface area is 152 Å². The predicted molar refractivity (Wildman–Crippen MR) is 100 cm³/mol. The summed E-state index contributed by atoms with van der Waals surface area (Å²) in [4.78, 5) is 14.6. The number of rotatable bonds is 3. The van der Waals surface area contributed by atoms with Crippen molar-refractivity contribution in [2.45, 2.75) is 51.2 Å². The van der Waals surface area contributed by atoms with Crippen molar-refractivity contribution < 1.29 is 9.53 Å². The van der Waals surface area contributed by atoms with Crippen molar-refractivity contribution in [1.82, 2.24) is 4.90 Å². The highest BCUT2D eigenvalue weighted by Gasteiger charge is 2.53. The standard InChI is InChI=1S/C18H26BrN3O2/c1-17(2,3)24-16(23)22-10-12-6-7-18(22,9-12)11-21-15-5-4-13(19)8-14(15)20/h4-5,8,12,21H,6-7,9-11,20H2,1-3H3. The summed E-state index contributed by atoms with van der Waals surface area (Å²) in [5, 5.41) is 3.45. The second-order valence-corrected chi connectivity index (χ2v) is 8.92. The van der Waals surface area contributed by atoms with Gasteiger partial charge in [-0.3, -0.25) is 0 Å². The summed E-state index contributed by atoms with van der Waals surface area (Å²) in [6.45, 7) is 7.23. The number of hydrogen-bond donors (Lipinski definition) is 2. The fourth-order valence-electron chi connectivity index (χ4n) is 3.86. The van der Waals surface area contributed by atoms with Gasteiger partial charge in [-0.25, -0.2) is 4.79 Å². The second-order valence-electron chi connectivity index (χ2n) is 8.01. The van der Waals surface area contributed by atoms with Gasteiger partial charge in [-0.2, -0.15) is 0 Å². The van der Waals surface area contributed by atoms with E-state index in [-0.39, 0.29) is 11.6 Å². The van der Waals surface area contributed by atoms with Gasteiger partial charge < -0.3 is 20.7 Å². The molecule has 1 heterocycles. The summed E-state index contributed by atoms with van der Waals surface area (Å²) in [5.74, 6) is 0.585. The number of carbonyl (C=O) groups is 1. The molecule has 1 saturated carbocycles. The Bertz CT molecular complexity index is 644. The number of halogens is 1. The second kappa shape index (κ2) is 6.14. The molecule has 1 saturated heterocycles. The van der Waals surface area contributed by atoms with Crippen LogP contribution in [-0.2, 0) is 4.74 Å². The van der Waals surface area contributed by atoms with Crippen LogP contribution in [-0.4, -0.2) is 35.2 Å². The molecule has 2 unspecified atom stereocenters. The number of ether oxygens (including phenoxy) is 1. The summed E-state index contributed by atoms with van der Waals surface area (Å²) >= 11 is 3.42. The van der Waals surface area contributed by atoms with E-state index in [0.717, 1.165) is 29.5 Å². The van der Waals surface area contributed by atoms with Crippen LogP contribution in [0.15, 0.2) is 22.7 Å². The summed E-state index contributed by atoms with van der Waals surface area (Å²) in [5.41, 5.74) is 7.07. The highest BCUT2D eigenvalue weighted by Crippen LogP contribution is 2.47. The lowest BCUT2D eigenvalue weighted by molar-refractivity contribution is 0.00527. The van der Waals surface area contributed by atoms with Crippen molar-refractivity contribution in [2.75, 3.05) is 24.1 Å². The van der Waals surface area contributed by atoms with E-state index in [1.54, 1.807) is 0 Å². The molecule has 2 atom stereocenters. The maximum absolute atomic E-state index is 12.6. The first kappa shape index (κ1) is 17.4. The molecule has 0 aromatic heterocycles. The van der Waals surface area contributed by atoms with Crippen LogP contribution < -0.4 is 11.1 Å². The molecule has 0 spiro atoms. The maximum atomic E-state index is 12.6. The Kier molecular flexibility index (Phi) is 4.45. The number of amides is 1. The lowest BCUT2D eigenvalue weighted by Crippen LogP contribution is -2.53. The van der Waals surface area contributed by atoms with Crippen LogP contribution in [0.2, 0.25) is 0 Å². The van der Waals surface area contributed by atoms with Gasteiger partial charge in [0.1, 0.15) is 5.60 Å². The Morgan fingerprint density at radius 3 is 2.88 bits per heavy atom. The van der Waals surface area contributed by atoms with Crippen LogP contribution in [0.25, 0.3) is 0 Å². The van der Waals surface area contributed by atoms with E-state index in [1.807, 2.05) is 43.9 Å². The molecule has 2 aliphatic rings. The molecule has 1 aliphatic heterocycles. The van der Waals surface area contributed by atoms with Gasteiger partial charge in [0.25, 0.3) is 0 Å². The van der Waals surface area contributed by atoms with E-state index in [0.29, 0.717) is 18.2 Å². The number of carbonyl (C=O) groups excluding carboxylic acids is 1. The van der Waals surface area contributed by atoms with Crippen molar-refractivity contribution in [3.05, 3.63) is 22.7 Å². The molecular weight excluding hydrogens is 370 g/mol. The molecule has 2 fully saturated rings. The number of hydrogen-bond acceptors (Lipinski definition) is 4. The summed E-state index contributed by atoms with van der Waals surface area (Å²) in [6, 6.07) is 5.82. The smallest absolute Gasteiger partial charge is 0.410 e. The molecule has 1 aliphatic carbocycles. The molecule has 1 amide bonds. The highest BCUT2D eigenvalue weighted by atomic mass is 79.9. The number of nitrogens with one attached hydrogen (secondary N) is 1. The van der Waals surface area contributed by atoms with Gasteiger partial charge >= 0.3 is 6.09 Å². The zero-order valence-corrected chi connectivity index (χ0v) is 16.1. The molecule has 132 valence electrons. The van der Waals surface area contributed by atoms with Crippen LogP contribution in [0.3, 0.4) is 0 Å². The van der Waals surface area contributed by atoms with Gasteiger partial charge in [-0.1, -0.05) is 15.9 Å². The van der Waals surface area contributed by atoms with Gasteiger partial charge in [-0.05, 0) is 64.2 Å². The zero-order valence-electron chi connectivity index (χ0n) is 14.6. The maximum Gasteiger partial charge on any atom is 0.410 e. The lowest BCUT2D eigenvalue weighted by atomic mass is 9.97. The molecule has 6 heteroatoms. The van der Waals surface area contributed by atoms with Gasteiger partial charge in [0, 0.05) is 17.6 Å². The first-order valence-corrected chi connectivity index (χ1v) is 9.27. The fraction of sp³-hybridized carbons (Fsp3) is 0.611. The summed E-state index contributed by atoms with van der Waals surface area (Å²) in [6.07, 6.45) is 3.03. The van der Waals surface area contributed by atoms with Gasteiger partial charge in [0.2, 0.25) is 0 Å². The molecule has 0 radical (unpaired) electrons. The third-order valence-electron chi connectivity index (χ3n) is 4.94. The topological polar surface area (TPSA) is 67.6 Å². The van der Waals surface area contributed by atoms with E-state index in [4.69, 9.17) is 10.5 Å². The van der Waals surface area contributed by atoms with Crippen LogP contribution in [0, 0.1) is 5.92 Å². The van der Waals surface area contributed by atoms with Gasteiger partial charge in [-0.15, -0.1) is 0 Å². The number of nitrogens with zero attached hydrogens (tertiary/aromatic N) is 1. The Morgan fingerprint density at radius 1 is 1.50 bits per heavy atom. The van der Waals surface area contributed by atoms with Crippen molar-refractivity contribution in [3.63, 3.8) is 0 Å². The van der Waals surface area contributed by atoms with E-state index in [9.17, 15) is 4.79 Å². The monoisotopic (exact) mass is 395 g/mol. The Balaban J connectivity index is 1.73.